The number of allylic oxidation sites excluding steroid dienone is 2. The molecule has 7 atom stereocenters. The molecule has 138 valence electrons. The summed E-state index contributed by atoms with van der Waals surface area (Å²) in [6.07, 6.45) is 4.40. The van der Waals surface area contributed by atoms with Gasteiger partial charge in [-0.15, -0.1) is 0 Å². The van der Waals surface area contributed by atoms with Crippen LogP contribution < -0.4 is 0 Å². The number of carbonyl (C=O) groups is 1. The molecule has 0 amide bonds. The highest BCUT2D eigenvalue weighted by molar-refractivity contribution is 5.86. The summed E-state index contributed by atoms with van der Waals surface area (Å²) in [6, 6.07) is 0. The number of ether oxygens (including phenoxy) is 1. The largest absolute Gasteiger partial charge is 0.458 e. The second kappa shape index (κ2) is 4.98. The predicted octanol–water partition coefficient (Wildman–Crippen LogP) is 2.99. The third-order valence-electron chi connectivity index (χ3n) is 8.21. The van der Waals surface area contributed by atoms with E-state index < -0.39 is 17.6 Å². The van der Waals surface area contributed by atoms with Crippen molar-refractivity contribution < 1.29 is 19.7 Å². The van der Waals surface area contributed by atoms with Crippen LogP contribution in [0.4, 0.5) is 0 Å². The molecule has 4 heteroatoms. The maximum atomic E-state index is 12.2. The molecule has 4 rings (SSSR count). The molecular formula is C21H30O4. The van der Waals surface area contributed by atoms with E-state index in [1.165, 1.54) is 0 Å². The Kier molecular flexibility index (Phi) is 3.44. The number of rotatable bonds is 0. The molecule has 0 aromatic carbocycles. The van der Waals surface area contributed by atoms with Crippen LogP contribution in [-0.4, -0.2) is 34.5 Å². The Morgan fingerprint density at radius 2 is 1.84 bits per heavy atom. The summed E-state index contributed by atoms with van der Waals surface area (Å²) in [5.41, 5.74) is 1.39. The van der Waals surface area contributed by atoms with Gasteiger partial charge >= 0.3 is 5.97 Å². The predicted molar refractivity (Wildman–Crippen MR) is 94.6 cm³/mol. The molecule has 0 saturated heterocycles. The van der Waals surface area contributed by atoms with Crippen LogP contribution in [0.5, 0.6) is 0 Å². The molecule has 4 aliphatic rings. The standard InChI is InChI=1S/C21H30O4/c1-11-6-7-14-20(4)12(11)8-17(23)25-16(20)9-15-19(2,3)10-13(22)18(24)21(14,15)5/h6,8,13-16,18,22,24H,7,9-10H2,1-5H3/t13-,14-,15-,16-,18+,20+,21+/m1/s1. The van der Waals surface area contributed by atoms with E-state index in [9.17, 15) is 15.0 Å². The highest BCUT2D eigenvalue weighted by atomic mass is 16.5. The third kappa shape index (κ3) is 1.98. The van der Waals surface area contributed by atoms with E-state index in [4.69, 9.17) is 4.74 Å². The van der Waals surface area contributed by atoms with E-state index in [0.29, 0.717) is 6.42 Å². The molecule has 0 radical (unpaired) electrons. The fourth-order valence-electron chi connectivity index (χ4n) is 7.03. The van der Waals surface area contributed by atoms with E-state index in [1.54, 1.807) is 6.08 Å². The average molecular weight is 346 g/mol. The quantitative estimate of drug-likeness (QED) is 0.662. The van der Waals surface area contributed by atoms with Crippen molar-refractivity contribution in [2.24, 2.45) is 28.1 Å². The van der Waals surface area contributed by atoms with Crippen molar-refractivity contribution in [3.63, 3.8) is 0 Å². The molecule has 0 unspecified atom stereocenters. The molecule has 25 heavy (non-hydrogen) atoms. The SMILES string of the molecule is CC1=CC[C@@H]2[C@]3(C)C1=CC(=O)O[C@@H]3C[C@@H]1C(C)(C)C[C@@H](O)[C@H](O)[C@]12C. The third-order valence-corrected chi connectivity index (χ3v) is 8.21. The van der Waals surface area contributed by atoms with Crippen molar-refractivity contribution in [2.75, 3.05) is 0 Å². The van der Waals surface area contributed by atoms with E-state index in [-0.39, 0.29) is 34.7 Å². The normalized spacial score (nSPS) is 50.8. The van der Waals surface area contributed by atoms with E-state index >= 15 is 0 Å². The zero-order valence-corrected chi connectivity index (χ0v) is 15.9. The maximum Gasteiger partial charge on any atom is 0.331 e. The van der Waals surface area contributed by atoms with Gasteiger partial charge in [0.25, 0.3) is 0 Å². The smallest absolute Gasteiger partial charge is 0.331 e. The summed E-state index contributed by atoms with van der Waals surface area (Å²) in [5, 5.41) is 21.7. The van der Waals surface area contributed by atoms with E-state index in [2.05, 4.69) is 40.7 Å². The summed E-state index contributed by atoms with van der Waals surface area (Å²) in [4.78, 5) is 12.2. The highest BCUT2D eigenvalue weighted by Crippen LogP contribution is 2.69. The number of hydrogen-bond acceptors (Lipinski definition) is 4. The molecular weight excluding hydrogens is 316 g/mol. The van der Waals surface area contributed by atoms with Gasteiger partial charge in [-0.3, -0.25) is 0 Å². The Bertz CT molecular complexity index is 690. The van der Waals surface area contributed by atoms with Crippen LogP contribution in [0, 0.1) is 28.1 Å². The minimum Gasteiger partial charge on any atom is -0.458 e. The Morgan fingerprint density at radius 3 is 2.52 bits per heavy atom. The number of hydrogen-bond donors (Lipinski definition) is 2. The first-order chi connectivity index (χ1) is 11.5. The number of fused-ring (bicyclic) bond motifs is 2. The van der Waals surface area contributed by atoms with Gasteiger partial charge in [0.15, 0.2) is 0 Å². The Morgan fingerprint density at radius 1 is 1.16 bits per heavy atom. The minimum atomic E-state index is -0.751. The lowest BCUT2D eigenvalue weighted by Crippen LogP contribution is -2.69. The first-order valence-electron chi connectivity index (χ1n) is 9.49. The topological polar surface area (TPSA) is 66.8 Å². The molecule has 0 spiro atoms. The molecule has 2 saturated carbocycles. The van der Waals surface area contributed by atoms with Gasteiger partial charge in [0.2, 0.25) is 0 Å². The number of carbonyl (C=O) groups excluding carboxylic acids is 1. The lowest BCUT2D eigenvalue weighted by atomic mass is 9.38. The minimum absolute atomic E-state index is 0.112. The van der Waals surface area contributed by atoms with Gasteiger partial charge < -0.3 is 14.9 Å². The fraction of sp³-hybridized carbons (Fsp3) is 0.762. The summed E-state index contributed by atoms with van der Waals surface area (Å²) >= 11 is 0. The van der Waals surface area contributed by atoms with Gasteiger partial charge in [-0.25, -0.2) is 4.79 Å². The zero-order valence-electron chi connectivity index (χ0n) is 15.9. The Labute approximate surface area is 149 Å². The van der Waals surface area contributed by atoms with Crippen LogP contribution in [-0.2, 0) is 9.53 Å². The maximum absolute atomic E-state index is 12.2. The summed E-state index contributed by atoms with van der Waals surface area (Å²) in [5.74, 6) is 0.0835. The van der Waals surface area contributed by atoms with Crippen LogP contribution in [0.3, 0.4) is 0 Å². The first kappa shape index (κ1) is 17.3. The average Bonchev–Trinajstić information content (AvgIpc) is 2.50. The van der Waals surface area contributed by atoms with Crippen molar-refractivity contribution >= 4 is 5.97 Å². The lowest BCUT2D eigenvalue weighted by molar-refractivity contribution is -0.248. The van der Waals surface area contributed by atoms with Crippen molar-refractivity contribution in [2.45, 2.75) is 72.2 Å². The fourth-order valence-corrected chi connectivity index (χ4v) is 7.03. The van der Waals surface area contributed by atoms with Gasteiger partial charge in [0, 0.05) is 16.9 Å². The summed E-state index contributed by atoms with van der Waals surface area (Å²) in [7, 11) is 0. The van der Waals surface area contributed by atoms with Gasteiger partial charge in [-0.1, -0.05) is 39.3 Å². The van der Waals surface area contributed by atoms with E-state index in [0.717, 1.165) is 24.0 Å². The molecule has 2 fully saturated rings. The summed E-state index contributed by atoms with van der Waals surface area (Å²) < 4.78 is 5.84. The summed E-state index contributed by atoms with van der Waals surface area (Å²) in [6.45, 7) is 10.8. The molecule has 0 aromatic rings. The van der Waals surface area contributed by atoms with Gasteiger partial charge in [-0.05, 0) is 49.0 Å². The van der Waals surface area contributed by atoms with Crippen LogP contribution in [0.2, 0.25) is 0 Å². The lowest BCUT2D eigenvalue weighted by Gasteiger charge is -2.68. The van der Waals surface area contributed by atoms with Crippen LogP contribution in [0.15, 0.2) is 23.3 Å². The molecule has 0 bridgehead atoms. The van der Waals surface area contributed by atoms with Crippen molar-refractivity contribution in [3.05, 3.63) is 23.3 Å². The molecule has 0 aromatic heterocycles. The first-order valence-corrected chi connectivity index (χ1v) is 9.49. The van der Waals surface area contributed by atoms with Crippen molar-refractivity contribution in [1.29, 1.82) is 0 Å². The number of aliphatic hydroxyl groups is 2. The Hall–Kier alpha value is -1.13. The monoisotopic (exact) mass is 346 g/mol. The van der Waals surface area contributed by atoms with Crippen molar-refractivity contribution in [1.82, 2.24) is 0 Å². The number of aliphatic hydroxyl groups excluding tert-OH is 2. The highest BCUT2D eigenvalue weighted by Gasteiger charge is 2.68. The van der Waals surface area contributed by atoms with Crippen molar-refractivity contribution in [3.8, 4) is 0 Å². The molecule has 3 aliphatic carbocycles. The van der Waals surface area contributed by atoms with Gasteiger partial charge in [0.05, 0.1) is 12.2 Å². The molecule has 1 aliphatic heterocycles. The van der Waals surface area contributed by atoms with Crippen LogP contribution in [0.25, 0.3) is 0 Å². The molecule has 2 N–H and O–H groups in total. The zero-order chi connectivity index (χ0) is 18.4. The van der Waals surface area contributed by atoms with Gasteiger partial charge in [-0.2, -0.15) is 0 Å². The second-order valence-corrected chi connectivity index (χ2v) is 9.80. The molecule has 4 nitrogen and oxygen atoms in total. The van der Waals surface area contributed by atoms with Gasteiger partial charge in [0.1, 0.15) is 6.10 Å². The second-order valence-electron chi connectivity index (χ2n) is 9.80. The van der Waals surface area contributed by atoms with Crippen LogP contribution in [0.1, 0.15) is 53.9 Å². The molecule has 1 heterocycles. The Balaban J connectivity index is 1.93. The van der Waals surface area contributed by atoms with E-state index in [1.807, 2.05) is 0 Å². The number of esters is 1. The van der Waals surface area contributed by atoms with Crippen LogP contribution >= 0.6 is 0 Å².